The van der Waals surface area contributed by atoms with Crippen molar-refractivity contribution in [2.75, 3.05) is 13.7 Å². The summed E-state index contributed by atoms with van der Waals surface area (Å²) < 4.78 is 5.28. The van der Waals surface area contributed by atoms with Gasteiger partial charge in [0.25, 0.3) is 0 Å². The molecule has 0 spiro atoms. The summed E-state index contributed by atoms with van der Waals surface area (Å²) in [5.74, 6) is 0.751. The highest BCUT2D eigenvalue weighted by Crippen LogP contribution is 2.27. The van der Waals surface area contributed by atoms with Crippen molar-refractivity contribution in [3.05, 3.63) is 30.0 Å². The fourth-order valence-electron chi connectivity index (χ4n) is 2.06. The van der Waals surface area contributed by atoms with E-state index in [4.69, 9.17) is 10.5 Å². The average Bonchev–Trinajstić information content (AvgIpc) is 2.81. The Kier molecular flexibility index (Phi) is 4.06. The Morgan fingerprint density at radius 1 is 1.53 bits per heavy atom. The maximum absolute atomic E-state index is 11.9. The molecule has 0 aliphatic rings. The molecule has 1 heterocycles. The molecule has 0 fully saturated rings. The summed E-state index contributed by atoms with van der Waals surface area (Å²) in [4.78, 5) is 15.0. The van der Waals surface area contributed by atoms with E-state index in [9.17, 15) is 4.79 Å². The smallest absolute Gasteiger partial charge is 0.224 e. The van der Waals surface area contributed by atoms with Gasteiger partial charge in [-0.15, -0.1) is 0 Å². The van der Waals surface area contributed by atoms with Gasteiger partial charge in [0.2, 0.25) is 5.91 Å². The van der Waals surface area contributed by atoms with E-state index in [0.29, 0.717) is 13.0 Å². The molecule has 1 aromatic heterocycles. The number of ether oxygens (including phenoxy) is 1. The summed E-state index contributed by atoms with van der Waals surface area (Å²) in [6.07, 6.45) is 2.18. The van der Waals surface area contributed by atoms with Gasteiger partial charge in [-0.25, -0.2) is 0 Å². The number of nitrogens with two attached hydrogens (primary N) is 1. The molecule has 2 aromatic rings. The van der Waals surface area contributed by atoms with Crippen molar-refractivity contribution < 1.29 is 9.53 Å². The minimum Gasteiger partial charge on any atom is -0.495 e. The number of benzene rings is 1. The van der Waals surface area contributed by atoms with Crippen LogP contribution in [0.15, 0.2) is 24.4 Å². The van der Waals surface area contributed by atoms with Gasteiger partial charge >= 0.3 is 0 Å². The van der Waals surface area contributed by atoms with E-state index in [2.05, 4.69) is 10.3 Å². The van der Waals surface area contributed by atoms with Crippen molar-refractivity contribution >= 4 is 16.8 Å². The van der Waals surface area contributed by atoms with Crippen LogP contribution in [-0.2, 0) is 11.2 Å². The van der Waals surface area contributed by atoms with Crippen molar-refractivity contribution in [1.29, 1.82) is 0 Å². The first kappa shape index (κ1) is 13.4. The molecule has 5 nitrogen and oxygen atoms in total. The summed E-state index contributed by atoms with van der Waals surface area (Å²) in [7, 11) is 1.63. The minimum absolute atomic E-state index is 0.00718. The topological polar surface area (TPSA) is 80.1 Å². The number of hydrogen-bond donors (Lipinski definition) is 3. The van der Waals surface area contributed by atoms with Crippen LogP contribution >= 0.6 is 0 Å². The lowest BCUT2D eigenvalue weighted by Gasteiger charge is -2.10. The number of hydrogen-bond acceptors (Lipinski definition) is 3. The zero-order valence-electron chi connectivity index (χ0n) is 11.2. The maximum Gasteiger partial charge on any atom is 0.224 e. The molecule has 0 aliphatic heterocycles. The molecule has 0 radical (unpaired) electrons. The number of fused-ring (bicyclic) bond motifs is 1. The van der Waals surface area contributed by atoms with Crippen LogP contribution in [0.3, 0.4) is 0 Å². The summed E-state index contributed by atoms with van der Waals surface area (Å²) in [6.45, 7) is 2.32. The van der Waals surface area contributed by atoms with Crippen molar-refractivity contribution in [3.8, 4) is 5.75 Å². The second-order valence-corrected chi connectivity index (χ2v) is 4.58. The number of nitrogens with one attached hydrogen (secondary N) is 2. The van der Waals surface area contributed by atoms with Gasteiger partial charge in [-0.2, -0.15) is 0 Å². The third kappa shape index (κ3) is 2.88. The van der Waals surface area contributed by atoms with Gasteiger partial charge in [0.15, 0.2) is 0 Å². The molecule has 1 aromatic carbocycles. The van der Waals surface area contributed by atoms with Gasteiger partial charge in [-0.05, 0) is 18.6 Å². The molecule has 2 rings (SSSR count). The van der Waals surface area contributed by atoms with Crippen LogP contribution in [0.4, 0.5) is 0 Å². The first-order valence-electron chi connectivity index (χ1n) is 6.28. The third-order valence-corrected chi connectivity index (χ3v) is 3.09. The first-order valence-corrected chi connectivity index (χ1v) is 6.28. The Balaban J connectivity index is 2.20. The molecule has 1 amide bonds. The molecule has 19 heavy (non-hydrogen) atoms. The molecular formula is C14H19N3O2. The number of H-pyrrole nitrogens is 1. The van der Waals surface area contributed by atoms with Crippen LogP contribution in [0.25, 0.3) is 10.9 Å². The number of carbonyl (C=O) groups excluding carboxylic acids is 1. The summed E-state index contributed by atoms with van der Waals surface area (Å²) >= 11 is 0. The monoisotopic (exact) mass is 261 g/mol. The number of amides is 1. The highest BCUT2D eigenvalue weighted by atomic mass is 16.5. The van der Waals surface area contributed by atoms with Crippen LogP contribution in [-0.4, -0.2) is 30.6 Å². The van der Waals surface area contributed by atoms with Crippen LogP contribution in [0.5, 0.6) is 5.75 Å². The predicted molar refractivity (Wildman–Crippen MR) is 75.2 cm³/mol. The number of para-hydroxylation sites is 1. The molecule has 4 N–H and O–H groups in total. The van der Waals surface area contributed by atoms with E-state index in [1.165, 1.54) is 0 Å². The van der Waals surface area contributed by atoms with Crippen LogP contribution in [0, 0.1) is 0 Å². The van der Waals surface area contributed by atoms with Crippen molar-refractivity contribution in [1.82, 2.24) is 10.3 Å². The molecule has 102 valence electrons. The molecule has 1 atom stereocenters. The quantitative estimate of drug-likeness (QED) is 0.756. The van der Waals surface area contributed by atoms with Gasteiger partial charge in [-0.1, -0.05) is 12.1 Å². The summed E-state index contributed by atoms with van der Waals surface area (Å²) in [5, 5.41) is 3.86. The number of carbonyl (C=O) groups is 1. The van der Waals surface area contributed by atoms with Crippen molar-refractivity contribution in [3.63, 3.8) is 0 Å². The van der Waals surface area contributed by atoms with Gasteiger partial charge in [0, 0.05) is 24.2 Å². The Morgan fingerprint density at radius 2 is 2.32 bits per heavy atom. The minimum atomic E-state index is -0.0262. The molecule has 0 saturated heterocycles. The highest BCUT2D eigenvalue weighted by Gasteiger charge is 2.12. The van der Waals surface area contributed by atoms with Gasteiger partial charge in [0.1, 0.15) is 5.75 Å². The van der Waals surface area contributed by atoms with Crippen LogP contribution in [0.2, 0.25) is 0 Å². The third-order valence-electron chi connectivity index (χ3n) is 3.09. The SMILES string of the molecule is COc1cccc2c(CC(=O)NC(C)CN)c[nH]c12. The molecule has 1 unspecified atom stereocenters. The molecule has 0 aliphatic carbocycles. The largest absolute Gasteiger partial charge is 0.495 e. The number of aromatic nitrogens is 1. The number of methoxy groups -OCH3 is 1. The van der Waals surface area contributed by atoms with Gasteiger partial charge in [-0.3, -0.25) is 4.79 Å². The normalized spacial score (nSPS) is 12.4. The van der Waals surface area contributed by atoms with E-state index < -0.39 is 0 Å². The molecule has 0 bridgehead atoms. The zero-order chi connectivity index (χ0) is 13.8. The van der Waals surface area contributed by atoms with E-state index >= 15 is 0 Å². The Bertz CT molecular complexity index is 577. The highest BCUT2D eigenvalue weighted by molar-refractivity contribution is 5.92. The second kappa shape index (κ2) is 5.75. The van der Waals surface area contributed by atoms with Gasteiger partial charge in [0.05, 0.1) is 19.0 Å². The average molecular weight is 261 g/mol. The van der Waals surface area contributed by atoms with E-state index in [1.807, 2.05) is 31.3 Å². The fourth-order valence-corrected chi connectivity index (χ4v) is 2.06. The second-order valence-electron chi connectivity index (χ2n) is 4.58. The van der Waals surface area contributed by atoms with Gasteiger partial charge < -0.3 is 20.8 Å². The maximum atomic E-state index is 11.9. The van der Waals surface area contributed by atoms with E-state index in [-0.39, 0.29) is 11.9 Å². The van der Waals surface area contributed by atoms with Crippen molar-refractivity contribution in [2.24, 2.45) is 5.73 Å². The number of aromatic amines is 1. The van der Waals surface area contributed by atoms with Crippen molar-refractivity contribution in [2.45, 2.75) is 19.4 Å². The standard InChI is InChI=1S/C14H19N3O2/c1-9(7-15)17-13(18)6-10-8-16-14-11(10)4-3-5-12(14)19-2/h3-5,8-9,16H,6-7,15H2,1-2H3,(H,17,18). The lowest BCUT2D eigenvalue weighted by atomic mass is 10.1. The lowest BCUT2D eigenvalue weighted by molar-refractivity contribution is -0.120. The summed E-state index contributed by atoms with van der Waals surface area (Å²) in [6, 6.07) is 5.77. The van der Waals surface area contributed by atoms with E-state index in [1.54, 1.807) is 7.11 Å². The van der Waals surface area contributed by atoms with Crippen LogP contribution in [0.1, 0.15) is 12.5 Å². The predicted octanol–water partition coefficient (Wildman–Crippen LogP) is 1.18. The Labute approximate surface area is 112 Å². The first-order chi connectivity index (χ1) is 9.15. The molecular weight excluding hydrogens is 242 g/mol. The lowest BCUT2D eigenvalue weighted by Crippen LogP contribution is -2.38. The number of rotatable bonds is 5. The Morgan fingerprint density at radius 3 is 3.00 bits per heavy atom. The fraction of sp³-hybridized carbons (Fsp3) is 0.357. The zero-order valence-corrected chi connectivity index (χ0v) is 11.2. The Hall–Kier alpha value is -2.01. The molecule has 0 saturated carbocycles. The summed E-state index contributed by atoms with van der Waals surface area (Å²) in [5.41, 5.74) is 7.36. The van der Waals surface area contributed by atoms with Crippen LogP contribution < -0.4 is 15.8 Å². The molecule has 5 heteroatoms. The van der Waals surface area contributed by atoms with E-state index in [0.717, 1.165) is 22.2 Å².